The average molecular weight is 184 g/mol. The van der Waals surface area contributed by atoms with Gasteiger partial charge < -0.3 is 9.84 Å². The predicted octanol–water partition coefficient (Wildman–Crippen LogP) is 1.42. The third-order valence-corrected chi connectivity index (χ3v) is 1.56. The van der Waals surface area contributed by atoms with Crippen LogP contribution in [0.4, 0.5) is 0 Å². The number of hydrogen-bond acceptors (Lipinski definition) is 3. The van der Waals surface area contributed by atoms with Crippen molar-refractivity contribution >= 4 is 5.97 Å². The summed E-state index contributed by atoms with van der Waals surface area (Å²) in [4.78, 5) is 11.1. The van der Waals surface area contributed by atoms with Crippen molar-refractivity contribution in [2.24, 2.45) is 0 Å². The van der Waals surface area contributed by atoms with E-state index in [1.54, 1.807) is 6.92 Å². The van der Waals surface area contributed by atoms with Crippen molar-refractivity contribution in [1.29, 1.82) is 0 Å². The van der Waals surface area contributed by atoms with Crippen molar-refractivity contribution in [2.45, 2.75) is 27.2 Å². The van der Waals surface area contributed by atoms with Gasteiger partial charge >= 0.3 is 5.97 Å². The van der Waals surface area contributed by atoms with Crippen molar-refractivity contribution < 1.29 is 14.6 Å². The number of rotatable bonds is 4. The Hall–Kier alpha value is -1.05. The van der Waals surface area contributed by atoms with Crippen LogP contribution in [0.25, 0.3) is 0 Å². The van der Waals surface area contributed by atoms with E-state index in [9.17, 15) is 4.79 Å². The summed E-state index contributed by atoms with van der Waals surface area (Å²) in [5.41, 5.74) is 4.38. The maximum Gasteiger partial charge on any atom is 0.341 e. The third kappa shape index (κ3) is 5.23. The van der Waals surface area contributed by atoms with Gasteiger partial charge in [-0.3, -0.25) is 0 Å². The van der Waals surface area contributed by atoms with E-state index in [2.05, 4.69) is 5.73 Å². The van der Waals surface area contributed by atoms with Crippen LogP contribution in [-0.2, 0) is 9.53 Å². The van der Waals surface area contributed by atoms with Gasteiger partial charge in [-0.15, -0.1) is 5.73 Å². The molecule has 0 bridgehead atoms. The Morgan fingerprint density at radius 3 is 2.54 bits per heavy atom. The van der Waals surface area contributed by atoms with Gasteiger partial charge in [-0.1, -0.05) is 6.92 Å². The second kappa shape index (κ2) is 6.46. The highest BCUT2D eigenvalue weighted by molar-refractivity contribution is 5.87. The Morgan fingerprint density at radius 1 is 1.46 bits per heavy atom. The van der Waals surface area contributed by atoms with Gasteiger partial charge in [0, 0.05) is 0 Å². The molecule has 74 valence electrons. The molecule has 3 heteroatoms. The monoisotopic (exact) mass is 184 g/mol. The van der Waals surface area contributed by atoms with Crippen LogP contribution in [0, 0.1) is 0 Å². The molecule has 0 aromatic rings. The Kier molecular flexibility index (Phi) is 5.94. The van der Waals surface area contributed by atoms with E-state index in [-0.39, 0.29) is 13.2 Å². The highest BCUT2D eigenvalue weighted by Gasteiger charge is 2.03. The van der Waals surface area contributed by atoms with E-state index in [1.165, 1.54) is 0 Å². The fraction of sp³-hybridized carbons (Fsp3) is 0.600. The lowest BCUT2D eigenvalue weighted by atomic mass is 10.2. The van der Waals surface area contributed by atoms with Gasteiger partial charge in [-0.2, -0.15) is 0 Å². The standard InChI is InChI=1S/C10H16O3/c1-4-8(2)7-9(3)10(12)13-6-5-11/h11H,4-6H2,1-3H3. The molecular formula is C10H16O3. The number of carbonyl (C=O) groups is 1. The molecule has 3 nitrogen and oxygen atoms in total. The Balaban J connectivity index is 4.33. The summed E-state index contributed by atoms with van der Waals surface area (Å²) in [5, 5.41) is 8.41. The minimum Gasteiger partial charge on any atom is -0.459 e. The number of hydrogen-bond donors (Lipinski definition) is 1. The first kappa shape index (κ1) is 11.9. The third-order valence-electron chi connectivity index (χ3n) is 1.56. The van der Waals surface area contributed by atoms with E-state index in [0.717, 1.165) is 12.0 Å². The minimum atomic E-state index is -0.415. The van der Waals surface area contributed by atoms with E-state index >= 15 is 0 Å². The van der Waals surface area contributed by atoms with Crippen LogP contribution in [0.3, 0.4) is 0 Å². The Morgan fingerprint density at radius 2 is 2.08 bits per heavy atom. The van der Waals surface area contributed by atoms with Gasteiger partial charge in [-0.25, -0.2) is 4.79 Å². The average Bonchev–Trinajstić information content (AvgIpc) is 2.13. The van der Waals surface area contributed by atoms with Crippen LogP contribution >= 0.6 is 0 Å². The molecule has 0 fully saturated rings. The maximum atomic E-state index is 11.1. The van der Waals surface area contributed by atoms with Crippen molar-refractivity contribution in [3.63, 3.8) is 0 Å². The number of carbonyl (C=O) groups excluding carboxylic acids is 1. The lowest BCUT2D eigenvalue weighted by Crippen LogP contribution is -2.08. The van der Waals surface area contributed by atoms with Gasteiger partial charge in [0.15, 0.2) is 0 Å². The highest BCUT2D eigenvalue weighted by atomic mass is 16.5. The molecule has 0 aromatic carbocycles. The molecule has 0 amide bonds. The molecule has 0 spiro atoms. The normalized spacial score (nSPS) is 8.92. The molecule has 0 radical (unpaired) electrons. The number of aliphatic hydroxyl groups is 1. The molecule has 0 aliphatic rings. The zero-order valence-electron chi connectivity index (χ0n) is 8.39. The van der Waals surface area contributed by atoms with E-state index in [4.69, 9.17) is 9.84 Å². The van der Waals surface area contributed by atoms with Crippen LogP contribution in [0.15, 0.2) is 16.9 Å². The quantitative estimate of drug-likeness (QED) is 0.408. The lowest BCUT2D eigenvalue weighted by Gasteiger charge is -2.00. The van der Waals surface area contributed by atoms with Crippen LogP contribution < -0.4 is 0 Å². The second-order valence-electron chi connectivity index (χ2n) is 2.74. The first-order valence-corrected chi connectivity index (χ1v) is 4.32. The van der Waals surface area contributed by atoms with E-state index < -0.39 is 5.97 Å². The fourth-order valence-electron chi connectivity index (χ4n) is 0.706. The Bertz CT molecular complexity index is 235. The van der Waals surface area contributed by atoms with Crippen LogP contribution in [0.5, 0.6) is 0 Å². The molecule has 0 unspecified atom stereocenters. The largest absolute Gasteiger partial charge is 0.459 e. The van der Waals surface area contributed by atoms with Crippen LogP contribution in [0.2, 0.25) is 0 Å². The molecule has 0 aromatic heterocycles. The first-order valence-electron chi connectivity index (χ1n) is 4.32. The van der Waals surface area contributed by atoms with E-state index in [1.807, 2.05) is 13.8 Å². The zero-order chi connectivity index (χ0) is 10.3. The molecular weight excluding hydrogens is 168 g/mol. The van der Waals surface area contributed by atoms with Crippen molar-refractivity contribution in [3.05, 3.63) is 16.9 Å². The topological polar surface area (TPSA) is 46.5 Å². The lowest BCUT2D eigenvalue weighted by molar-refractivity contribution is -0.139. The smallest absolute Gasteiger partial charge is 0.341 e. The van der Waals surface area contributed by atoms with E-state index in [0.29, 0.717) is 5.57 Å². The molecule has 13 heavy (non-hydrogen) atoms. The minimum absolute atomic E-state index is 0.0447. The molecule has 0 aliphatic carbocycles. The van der Waals surface area contributed by atoms with Gasteiger partial charge in [0.25, 0.3) is 0 Å². The summed E-state index contributed by atoms with van der Waals surface area (Å²) in [6.07, 6.45) is 0.866. The SMILES string of the molecule is CCC(C)=C=C(C)C(=O)OCCO. The fourth-order valence-corrected chi connectivity index (χ4v) is 0.706. The van der Waals surface area contributed by atoms with Gasteiger partial charge in [0.2, 0.25) is 0 Å². The highest BCUT2D eigenvalue weighted by Crippen LogP contribution is 2.00. The summed E-state index contributed by atoms with van der Waals surface area (Å²) in [6, 6.07) is 0. The van der Waals surface area contributed by atoms with Crippen molar-refractivity contribution in [3.8, 4) is 0 Å². The van der Waals surface area contributed by atoms with Crippen molar-refractivity contribution in [1.82, 2.24) is 0 Å². The summed E-state index contributed by atoms with van der Waals surface area (Å²) in [7, 11) is 0. The van der Waals surface area contributed by atoms with Crippen molar-refractivity contribution in [2.75, 3.05) is 13.2 Å². The molecule has 0 rings (SSSR count). The maximum absolute atomic E-state index is 11.1. The molecule has 1 N–H and O–H groups in total. The van der Waals surface area contributed by atoms with Crippen LogP contribution in [-0.4, -0.2) is 24.3 Å². The molecule has 0 heterocycles. The second-order valence-corrected chi connectivity index (χ2v) is 2.74. The molecule has 0 atom stereocenters. The van der Waals surface area contributed by atoms with Gasteiger partial charge in [0.05, 0.1) is 12.2 Å². The van der Waals surface area contributed by atoms with Crippen LogP contribution in [0.1, 0.15) is 27.2 Å². The molecule has 0 saturated heterocycles. The summed E-state index contributed by atoms with van der Waals surface area (Å²) < 4.78 is 4.70. The predicted molar refractivity (Wildman–Crippen MR) is 50.2 cm³/mol. The molecule has 0 saturated carbocycles. The number of aliphatic hydroxyl groups excluding tert-OH is 1. The van der Waals surface area contributed by atoms with Gasteiger partial charge in [0.1, 0.15) is 6.61 Å². The summed E-state index contributed by atoms with van der Waals surface area (Å²) in [5.74, 6) is -0.415. The zero-order valence-corrected chi connectivity index (χ0v) is 8.39. The number of ether oxygens (including phenoxy) is 1. The first-order chi connectivity index (χ1) is 6.11. The number of esters is 1. The van der Waals surface area contributed by atoms with Gasteiger partial charge in [-0.05, 0) is 25.8 Å². The Labute approximate surface area is 78.7 Å². The summed E-state index contributed by atoms with van der Waals surface area (Å²) in [6.45, 7) is 5.45. The molecule has 0 aliphatic heterocycles. The summed E-state index contributed by atoms with van der Waals surface area (Å²) >= 11 is 0.